The molecule has 0 aliphatic carbocycles. The zero-order chi connectivity index (χ0) is 10.7. The molecule has 0 bridgehead atoms. The highest BCUT2D eigenvalue weighted by Gasteiger charge is 2.06. The Balaban J connectivity index is 2.18. The van der Waals surface area contributed by atoms with E-state index >= 15 is 0 Å². The maximum absolute atomic E-state index is 11.0. The molecule has 3 heteroatoms. The number of hydrogen-bond donors (Lipinski definition) is 0. The van der Waals surface area contributed by atoms with Gasteiger partial charge in [-0.15, -0.1) is 11.3 Å². The molecule has 0 unspecified atom stereocenters. The van der Waals surface area contributed by atoms with Gasteiger partial charge in [0, 0.05) is 11.1 Å². The highest BCUT2D eigenvalue weighted by Crippen LogP contribution is 2.26. The maximum Gasteiger partial charge on any atom is 0.305 e. The topological polar surface area (TPSA) is 26.3 Å². The van der Waals surface area contributed by atoms with Gasteiger partial charge in [0.15, 0.2) is 0 Å². The third-order valence-corrected chi connectivity index (χ3v) is 3.40. The summed E-state index contributed by atoms with van der Waals surface area (Å²) in [4.78, 5) is 11.0. The van der Waals surface area contributed by atoms with E-state index in [2.05, 4.69) is 22.2 Å². The number of methoxy groups -OCH3 is 1. The van der Waals surface area contributed by atoms with Crippen molar-refractivity contribution in [1.29, 1.82) is 0 Å². The van der Waals surface area contributed by atoms with Crippen LogP contribution in [0.4, 0.5) is 0 Å². The van der Waals surface area contributed by atoms with Crippen LogP contribution >= 0.6 is 11.3 Å². The molecule has 2 rings (SSSR count). The average Bonchev–Trinajstić information content (AvgIpc) is 2.69. The number of aryl methyl sites for hydroxylation is 1. The minimum atomic E-state index is -0.148. The van der Waals surface area contributed by atoms with E-state index in [-0.39, 0.29) is 5.97 Å². The fourth-order valence-electron chi connectivity index (χ4n) is 1.57. The molecule has 1 aromatic carbocycles. The van der Waals surface area contributed by atoms with Crippen LogP contribution in [-0.2, 0) is 16.0 Å². The van der Waals surface area contributed by atoms with E-state index in [0.29, 0.717) is 6.42 Å². The summed E-state index contributed by atoms with van der Waals surface area (Å²) in [5.41, 5.74) is 1.24. The van der Waals surface area contributed by atoms with Gasteiger partial charge in [-0.05, 0) is 28.8 Å². The van der Waals surface area contributed by atoms with Gasteiger partial charge in [0.05, 0.1) is 7.11 Å². The van der Waals surface area contributed by atoms with Crippen molar-refractivity contribution < 1.29 is 9.53 Å². The SMILES string of the molecule is COC(=O)CCc1csc2ccccc12. The van der Waals surface area contributed by atoms with Crippen LogP contribution in [0.5, 0.6) is 0 Å². The van der Waals surface area contributed by atoms with Gasteiger partial charge < -0.3 is 4.74 Å². The normalized spacial score (nSPS) is 10.5. The largest absolute Gasteiger partial charge is 0.469 e. The second kappa shape index (κ2) is 4.45. The second-order valence-electron chi connectivity index (χ2n) is 3.33. The third-order valence-electron chi connectivity index (χ3n) is 2.39. The molecule has 0 aliphatic rings. The summed E-state index contributed by atoms with van der Waals surface area (Å²) < 4.78 is 5.90. The molecule has 1 heterocycles. The predicted molar refractivity (Wildman–Crippen MR) is 62.2 cm³/mol. The summed E-state index contributed by atoms with van der Waals surface area (Å²) in [6.45, 7) is 0. The molecular formula is C12H12O2S. The van der Waals surface area contributed by atoms with Crippen molar-refractivity contribution in [2.75, 3.05) is 7.11 Å². The lowest BCUT2D eigenvalue weighted by atomic mass is 10.1. The molecule has 2 nitrogen and oxygen atoms in total. The van der Waals surface area contributed by atoms with Gasteiger partial charge in [-0.3, -0.25) is 4.79 Å². The Hall–Kier alpha value is -1.35. The molecular weight excluding hydrogens is 208 g/mol. The number of benzene rings is 1. The molecule has 0 fully saturated rings. The lowest BCUT2D eigenvalue weighted by Crippen LogP contribution is -2.01. The highest BCUT2D eigenvalue weighted by atomic mass is 32.1. The zero-order valence-electron chi connectivity index (χ0n) is 8.53. The van der Waals surface area contributed by atoms with Crippen LogP contribution in [0.2, 0.25) is 0 Å². The van der Waals surface area contributed by atoms with Crippen LogP contribution in [0.1, 0.15) is 12.0 Å². The van der Waals surface area contributed by atoms with E-state index < -0.39 is 0 Å². The number of fused-ring (bicyclic) bond motifs is 1. The minimum Gasteiger partial charge on any atom is -0.469 e. The quantitative estimate of drug-likeness (QED) is 0.743. The van der Waals surface area contributed by atoms with Gasteiger partial charge in [-0.25, -0.2) is 0 Å². The van der Waals surface area contributed by atoms with Crippen molar-refractivity contribution in [3.8, 4) is 0 Å². The summed E-state index contributed by atoms with van der Waals surface area (Å²) in [6, 6.07) is 8.25. The fraction of sp³-hybridized carbons (Fsp3) is 0.250. The molecule has 0 radical (unpaired) electrons. The van der Waals surface area contributed by atoms with Crippen LogP contribution < -0.4 is 0 Å². The van der Waals surface area contributed by atoms with Crippen molar-refractivity contribution in [3.05, 3.63) is 35.2 Å². The van der Waals surface area contributed by atoms with Gasteiger partial charge in [0.25, 0.3) is 0 Å². The molecule has 0 saturated carbocycles. The lowest BCUT2D eigenvalue weighted by molar-refractivity contribution is -0.140. The summed E-state index contributed by atoms with van der Waals surface area (Å²) in [6.07, 6.45) is 1.22. The number of carbonyl (C=O) groups excluding carboxylic acids is 1. The van der Waals surface area contributed by atoms with Crippen LogP contribution in [0.25, 0.3) is 10.1 Å². The van der Waals surface area contributed by atoms with Crippen molar-refractivity contribution in [2.24, 2.45) is 0 Å². The van der Waals surface area contributed by atoms with E-state index in [1.165, 1.54) is 22.8 Å². The molecule has 1 aromatic heterocycles. The van der Waals surface area contributed by atoms with Crippen LogP contribution in [0.3, 0.4) is 0 Å². The highest BCUT2D eigenvalue weighted by molar-refractivity contribution is 7.17. The molecule has 0 N–H and O–H groups in total. The summed E-state index contributed by atoms with van der Waals surface area (Å²) in [7, 11) is 1.42. The first-order chi connectivity index (χ1) is 7.31. The molecule has 0 amide bonds. The molecule has 78 valence electrons. The van der Waals surface area contributed by atoms with E-state index in [0.717, 1.165) is 6.42 Å². The molecule has 2 aromatic rings. The van der Waals surface area contributed by atoms with Crippen LogP contribution in [-0.4, -0.2) is 13.1 Å². The maximum atomic E-state index is 11.0. The first-order valence-corrected chi connectivity index (χ1v) is 5.71. The Bertz CT molecular complexity index is 473. The minimum absolute atomic E-state index is 0.148. The van der Waals surface area contributed by atoms with Crippen molar-refractivity contribution in [3.63, 3.8) is 0 Å². The average molecular weight is 220 g/mol. The molecule has 0 atom stereocenters. The van der Waals surface area contributed by atoms with Gasteiger partial charge in [-0.2, -0.15) is 0 Å². The van der Waals surface area contributed by atoms with Crippen molar-refractivity contribution in [2.45, 2.75) is 12.8 Å². The van der Waals surface area contributed by atoms with E-state index in [1.54, 1.807) is 11.3 Å². The third kappa shape index (κ3) is 2.18. The zero-order valence-corrected chi connectivity index (χ0v) is 9.34. The number of rotatable bonds is 3. The fourth-order valence-corrected chi connectivity index (χ4v) is 2.56. The molecule has 0 saturated heterocycles. The van der Waals surface area contributed by atoms with Crippen LogP contribution in [0, 0.1) is 0 Å². The van der Waals surface area contributed by atoms with E-state index in [9.17, 15) is 4.79 Å². The first kappa shape index (κ1) is 10.2. The summed E-state index contributed by atoms with van der Waals surface area (Å²) in [5, 5.41) is 3.37. The smallest absolute Gasteiger partial charge is 0.305 e. The number of hydrogen-bond acceptors (Lipinski definition) is 3. The van der Waals surface area contributed by atoms with E-state index in [1.807, 2.05) is 12.1 Å². The van der Waals surface area contributed by atoms with Gasteiger partial charge in [0.1, 0.15) is 0 Å². The van der Waals surface area contributed by atoms with Gasteiger partial charge >= 0.3 is 5.97 Å². The number of carbonyl (C=O) groups is 1. The van der Waals surface area contributed by atoms with Gasteiger partial charge in [0.2, 0.25) is 0 Å². The van der Waals surface area contributed by atoms with Crippen molar-refractivity contribution >= 4 is 27.4 Å². The molecule has 15 heavy (non-hydrogen) atoms. The molecule has 0 aliphatic heterocycles. The number of esters is 1. The Morgan fingerprint density at radius 2 is 2.20 bits per heavy atom. The van der Waals surface area contributed by atoms with E-state index in [4.69, 9.17) is 0 Å². The predicted octanol–water partition coefficient (Wildman–Crippen LogP) is 3.01. The number of ether oxygens (including phenoxy) is 1. The standard InChI is InChI=1S/C12H12O2S/c1-14-12(13)7-6-9-8-15-11-5-3-2-4-10(9)11/h2-5,8H,6-7H2,1H3. The Morgan fingerprint density at radius 1 is 1.40 bits per heavy atom. The Kier molecular flexibility index (Phi) is 3.02. The number of thiophene rings is 1. The lowest BCUT2D eigenvalue weighted by Gasteiger charge is -1.98. The first-order valence-electron chi connectivity index (χ1n) is 4.83. The Morgan fingerprint density at radius 3 is 3.00 bits per heavy atom. The Labute approximate surface area is 92.5 Å². The summed E-state index contributed by atoms with van der Waals surface area (Å²) >= 11 is 1.72. The van der Waals surface area contributed by atoms with Crippen LogP contribution in [0.15, 0.2) is 29.6 Å². The monoisotopic (exact) mass is 220 g/mol. The second-order valence-corrected chi connectivity index (χ2v) is 4.24. The summed E-state index contributed by atoms with van der Waals surface area (Å²) in [5.74, 6) is -0.148. The molecule has 0 spiro atoms. The van der Waals surface area contributed by atoms with Gasteiger partial charge in [-0.1, -0.05) is 18.2 Å². The van der Waals surface area contributed by atoms with Crippen molar-refractivity contribution in [1.82, 2.24) is 0 Å².